The number of hydrogen-bond acceptors (Lipinski definition) is 3. The third-order valence-corrected chi connectivity index (χ3v) is 2.30. The SMILES string of the molecule is Nn1cncc2c3ccccc3nc1-2. The fourth-order valence-corrected chi connectivity index (χ4v) is 1.65. The molecule has 0 saturated carbocycles. The number of para-hydroxylation sites is 1. The Morgan fingerprint density at radius 2 is 2.07 bits per heavy atom. The number of hydrogen-bond donors (Lipinski definition) is 1. The monoisotopic (exact) mass is 184 g/mol. The van der Waals surface area contributed by atoms with Crippen molar-refractivity contribution in [2.24, 2.45) is 0 Å². The normalized spacial score (nSPS) is 11.1. The highest BCUT2D eigenvalue weighted by molar-refractivity contribution is 5.95. The van der Waals surface area contributed by atoms with Gasteiger partial charge in [0, 0.05) is 17.1 Å². The van der Waals surface area contributed by atoms with E-state index < -0.39 is 0 Å². The van der Waals surface area contributed by atoms with Crippen LogP contribution in [-0.2, 0) is 0 Å². The van der Waals surface area contributed by atoms with E-state index in [9.17, 15) is 0 Å². The summed E-state index contributed by atoms with van der Waals surface area (Å²) in [5.41, 5.74) is 1.94. The Morgan fingerprint density at radius 1 is 1.21 bits per heavy atom. The van der Waals surface area contributed by atoms with Gasteiger partial charge in [0.05, 0.1) is 5.52 Å². The van der Waals surface area contributed by atoms with Crippen LogP contribution in [-0.4, -0.2) is 14.6 Å². The molecule has 3 rings (SSSR count). The van der Waals surface area contributed by atoms with E-state index in [1.807, 2.05) is 24.3 Å². The zero-order valence-corrected chi connectivity index (χ0v) is 7.38. The van der Waals surface area contributed by atoms with Gasteiger partial charge in [-0.2, -0.15) is 0 Å². The van der Waals surface area contributed by atoms with Crippen LogP contribution in [0.15, 0.2) is 36.8 Å². The van der Waals surface area contributed by atoms with Gasteiger partial charge in [-0.05, 0) is 6.07 Å². The summed E-state index contributed by atoms with van der Waals surface area (Å²) in [4.78, 5) is 8.45. The number of aromatic nitrogens is 3. The van der Waals surface area contributed by atoms with E-state index >= 15 is 0 Å². The first-order valence-corrected chi connectivity index (χ1v) is 4.32. The molecule has 1 aromatic carbocycles. The van der Waals surface area contributed by atoms with Crippen LogP contribution >= 0.6 is 0 Å². The van der Waals surface area contributed by atoms with Crippen molar-refractivity contribution in [2.45, 2.75) is 0 Å². The van der Waals surface area contributed by atoms with Crippen molar-refractivity contribution in [2.75, 3.05) is 5.84 Å². The van der Waals surface area contributed by atoms with Crippen LogP contribution in [0.2, 0.25) is 0 Å². The summed E-state index contributed by atoms with van der Waals surface area (Å²) in [6.45, 7) is 0. The maximum Gasteiger partial charge on any atom is 0.162 e. The van der Waals surface area contributed by atoms with Crippen molar-refractivity contribution in [3.05, 3.63) is 36.8 Å². The molecule has 0 unspecified atom stereocenters. The molecular weight excluding hydrogens is 176 g/mol. The molecule has 0 saturated heterocycles. The molecule has 4 nitrogen and oxygen atoms in total. The highest BCUT2D eigenvalue weighted by atomic mass is 15.3. The lowest BCUT2D eigenvalue weighted by molar-refractivity contribution is 0.922. The Kier molecular flexibility index (Phi) is 1.28. The molecular formula is C10H8N4. The lowest BCUT2D eigenvalue weighted by Gasteiger charge is -2.02. The molecule has 2 aliphatic rings. The Hall–Kier alpha value is -2.10. The van der Waals surface area contributed by atoms with Gasteiger partial charge in [0.2, 0.25) is 0 Å². The molecule has 0 fully saturated rings. The third kappa shape index (κ3) is 0.821. The van der Waals surface area contributed by atoms with E-state index in [2.05, 4.69) is 9.97 Å². The van der Waals surface area contributed by atoms with Gasteiger partial charge in [-0.1, -0.05) is 18.2 Å². The molecule has 0 radical (unpaired) electrons. The number of nitrogens with two attached hydrogens (primary N) is 1. The molecule has 0 aromatic heterocycles. The Labute approximate surface area is 80.3 Å². The molecule has 4 heteroatoms. The molecule has 2 heterocycles. The molecule has 0 amide bonds. The minimum atomic E-state index is 0.765. The van der Waals surface area contributed by atoms with Crippen LogP contribution in [0.3, 0.4) is 0 Å². The smallest absolute Gasteiger partial charge is 0.162 e. The average molecular weight is 184 g/mol. The van der Waals surface area contributed by atoms with Crippen LogP contribution in [0.4, 0.5) is 0 Å². The summed E-state index contributed by atoms with van der Waals surface area (Å²) in [6, 6.07) is 7.93. The molecule has 0 aliphatic carbocycles. The van der Waals surface area contributed by atoms with Gasteiger partial charge in [0.1, 0.15) is 6.33 Å². The predicted octanol–water partition coefficient (Wildman–Crippen LogP) is 1.25. The van der Waals surface area contributed by atoms with E-state index in [-0.39, 0.29) is 0 Å². The number of nitrogens with zero attached hydrogens (tertiary/aromatic N) is 3. The van der Waals surface area contributed by atoms with Gasteiger partial charge in [0.15, 0.2) is 5.82 Å². The number of rotatable bonds is 0. The molecule has 2 aliphatic heterocycles. The second kappa shape index (κ2) is 2.45. The predicted molar refractivity (Wildman–Crippen MR) is 54.3 cm³/mol. The van der Waals surface area contributed by atoms with E-state index in [1.165, 1.54) is 4.68 Å². The van der Waals surface area contributed by atoms with Gasteiger partial charge in [0.25, 0.3) is 0 Å². The van der Waals surface area contributed by atoms with Crippen molar-refractivity contribution in [3.63, 3.8) is 0 Å². The minimum Gasteiger partial charge on any atom is -0.336 e. The number of benzene rings is 1. The van der Waals surface area contributed by atoms with Crippen LogP contribution in [0.25, 0.3) is 22.3 Å². The fourth-order valence-electron chi connectivity index (χ4n) is 1.65. The minimum absolute atomic E-state index is 0.765. The van der Waals surface area contributed by atoms with Crippen molar-refractivity contribution < 1.29 is 0 Å². The number of fused-ring (bicyclic) bond motifs is 3. The topological polar surface area (TPSA) is 56.7 Å². The van der Waals surface area contributed by atoms with E-state index in [0.29, 0.717) is 0 Å². The van der Waals surface area contributed by atoms with Gasteiger partial charge in [-0.25, -0.2) is 14.6 Å². The largest absolute Gasteiger partial charge is 0.336 e. The van der Waals surface area contributed by atoms with Gasteiger partial charge >= 0.3 is 0 Å². The standard InChI is InChI=1S/C10H8N4/c11-14-6-12-5-8-7-3-1-2-4-9(7)13-10(8)14/h1-6H,11H2. The molecule has 0 spiro atoms. The van der Waals surface area contributed by atoms with Crippen LogP contribution < -0.4 is 5.84 Å². The summed E-state index contributed by atoms with van der Waals surface area (Å²) in [5.74, 6) is 6.48. The average Bonchev–Trinajstić information content (AvgIpc) is 2.59. The van der Waals surface area contributed by atoms with Gasteiger partial charge in [-0.15, -0.1) is 0 Å². The second-order valence-corrected chi connectivity index (χ2v) is 3.17. The summed E-state index contributed by atoms with van der Waals surface area (Å²) < 4.78 is 1.44. The van der Waals surface area contributed by atoms with Crippen LogP contribution in [0.5, 0.6) is 0 Å². The van der Waals surface area contributed by atoms with Gasteiger partial charge < -0.3 is 5.84 Å². The first-order chi connectivity index (χ1) is 6.86. The lowest BCUT2D eigenvalue weighted by Crippen LogP contribution is -2.12. The highest BCUT2D eigenvalue weighted by Crippen LogP contribution is 2.28. The Bertz CT molecular complexity index is 569. The first kappa shape index (κ1) is 7.32. The van der Waals surface area contributed by atoms with Crippen molar-refractivity contribution >= 4 is 10.9 Å². The molecule has 0 atom stereocenters. The zero-order valence-electron chi connectivity index (χ0n) is 7.38. The molecule has 68 valence electrons. The van der Waals surface area contributed by atoms with Gasteiger partial charge in [-0.3, -0.25) is 0 Å². The summed E-state index contributed by atoms with van der Waals surface area (Å²) in [5, 5.41) is 1.09. The number of nitrogen functional groups attached to an aromatic ring is 1. The van der Waals surface area contributed by atoms with Crippen molar-refractivity contribution in [1.29, 1.82) is 0 Å². The molecule has 2 N–H and O–H groups in total. The van der Waals surface area contributed by atoms with E-state index in [0.717, 1.165) is 22.3 Å². The van der Waals surface area contributed by atoms with Crippen LogP contribution in [0.1, 0.15) is 0 Å². The highest BCUT2D eigenvalue weighted by Gasteiger charge is 2.13. The quantitative estimate of drug-likeness (QED) is 0.535. The lowest BCUT2D eigenvalue weighted by atomic mass is 10.2. The first-order valence-electron chi connectivity index (χ1n) is 4.32. The van der Waals surface area contributed by atoms with E-state index in [4.69, 9.17) is 5.84 Å². The summed E-state index contributed by atoms with van der Waals surface area (Å²) >= 11 is 0. The third-order valence-electron chi connectivity index (χ3n) is 2.30. The molecule has 1 aromatic rings. The van der Waals surface area contributed by atoms with Crippen molar-refractivity contribution in [3.8, 4) is 11.4 Å². The zero-order chi connectivity index (χ0) is 9.54. The summed E-state index contributed by atoms with van der Waals surface area (Å²) in [7, 11) is 0. The maximum absolute atomic E-state index is 5.71. The van der Waals surface area contributed by atoms with Crippen LogP contribution in [0, 0.1) is 0 Å². The van der Waals surface area contributed by atoms with Crippen molar-refractivity contribution in [1.82, 2.24) is 14.6 Å². The Morgan fingerprint density at radius 3 is 3.00 bits per heavy atom. The molecule has 14 heavy (non-hydrogen) atoms. The fraction of sp³-hybridized carbons (Fsp3) is 0. The summed E-state index contributed by atoms with van der Waals surface area (Å²) in [6.07, 6.45) is 3.34. The Balaban J connectivity index is 2.55. The van der Waals surface area contributed by atoms with E-state index in [1.54, 1.807) is 12.5 Å². The maximum atomic E-state index is 5.71. The molecule has 0 bridgehead atoms. The second-order valence-electron chi connectivity index (χ2n) is 3.17.